The highest BCUT2D eigenvalue weighted by atomic mass is 16.6. The molecule has 0 N–H and O–H groups in total. The van der Waals surface area contributed by atoms with Crippen LogP contribution in [0.5, 0.6) is 0 Å². The molecule has 2 atom stereocenters. The molecule has 2 aliphatic rings. The van der Waals surface area contributed by atoms with Crippen molar-refractivity contribution < 1.29 is 19.2 Å². The molecular formula is C22H26N2O4. The van der Waals surface area contributed by atoms with Gasteiger partial charge in [-0.25, -0.2) is 0 Å². The van der Waals surface area contributed by atoms with Crippen LogP contribution in [-0.4, -0.2) is 55.7 Å². The number of esters is 1. The van der Waals surface area contributed by atoms with Crippen molar-refractivity contribution in [2.45, 2.75) is 19.8 Å². The second kappa shape index (κ2) is 6.78. The van der Waals surface area contributed by atoms with Crippen LogP contribution in [0.1, 0.15) is 29.4 Å². The summed E-state index contributed by atoms with van der Waals surface area (Å²) in [6.07, 6.45) is 2.77. The summed E-state index contributed by atoms with van der Waals surface area (Å²) >= 11 is 0. The van der Waals surface area contributed by atoms with Crippen LogP contribution in [0.3, 0.4) is 0 Å². The van der Waals surface area contributed by atoms with E-state index in [0.717, 1.165) is 28.6 Å². The SMILES string of the molecule is C/C=C1\CN(C)CC2(C(=O)OC)Cc3c(n(OC)c4ccccc34)C(=O)CC12. The zero-order valence-corrected chi connectivity index (χ0v) is 16.8. The highest BCUT2D eigenvalue weighted by molar-refractivity contribution is 6.04. The van der Waals surface area contributed by atoms with Gasteiger partial charge in [0.25, 0.3) is 0 Å². The van der Waals surface area contributed by atoms with Gasteiger partial charge in [-0.05, 0) is 32.0 Å². The number of fused-ring (bicyclic) bond motifs is 4. The Morgan fingerprint density at radius 1 is 1.29 bits per heavy atom. The standard InChI is InChI=1S/C22H26N2O4/c1-5-14-12-23(2)13-22(21(26)27-3)11-16-15-8-6-7-9-18(15)24(28-4)20(16)19(25)10-17(14)22/h5-9,17H,10-13H2,1-4H3/b14-5+. The number of ketones is 1. The lowest BCUT2D eigenvalue weighted by Crippen LogP contribution is -2.54. The van der Waals surface area contributed by atoms with Crippen LogP contribution in [0, 0.1) is 11.3 Å². The molecule has 2 aromatic rings. The van der Waals surface area contributed by atoms with Crippen molar-refractivity contribution >= 4 is 22.7 Å². The van der Waals surface area contributed by atoms with E-state index < -0.39 is 5.41 Å². The van der Waals surface area contributed by atoms with Crippen molar-refractivity contribution in [3.63, 3.8) is 0 Å². The molecule has 1 aliphatic heterocycles. The first-order chi connectivity index (χ1) is 13.5. The summed E-state index contributed by atoms with van der Waals surface area (Å²) in [6, 6.07) is 7.80. The van der Waals surface area contributed by atoms with Gasteiger partial charge in [0, 0.05) is 30.8 Å². The maximum Gasteiger partial charge on any atom is 0.314 e. The topological polar surface area (TPSA) is 60.8 Å². The Labute approximate surface area is 164 Å². The third kappa shape index (κ3) is 2.51. The molecule has 0 amide bonds. The summed E-state index contributed by atoms with van der Waals surface area (Å²) in [7, 11) is 5.01. The van der Waals surface area contributed by atoms with Gasteiger partial charge in [-0.15, -0.1) is 0 Å². The Balaban J connectivity index is 2.01. The second-order valence-electron chi connectivity index (χ2n) is 7.86. The van der Waals surface area contributed by atoms with Crippen molar-refractivity contribution in [1.29, 1.82) is 0 Å². The number of hydrogen-bond donors (Lipinski definition) is 0. The molecule has 6 heteroatoms. The van der Waals surface area contributed by atoms with Crippen molar-refractivity contribution in [2.24, 2.45) is 11.3 Å². The number of hydrogen-bond acceptors (Lipinski definition) is 5. The first kappa shape index (κ1) is 18.7. The number of carbonyl (C=O) groups excluding carboxylic acids is 2. The van der Waals surface area contributed by atoms with Crippen molar-refractivity contribution in [3.05, 3.63) is 47.2 Å². The van der Waals surface area contributed by atoms with Crippen LogP contribution >= 0.6 is 0 Å². The highest BCUT2D eigenvalue weighted by Crippen LogP contribution is 2.48. The van der Waals surface area contributed by atoms with Crippen LogP contribution in [0.15, 0.2) is 35.9 Å². The third-order valence-electron chi connectivity index (χ3n) is 6.35. The molecule has 0 spiro atoms. The normalized spacial score (nSPS) is 26.6. The van der Waals surface area contributed by atoms with E-state index in [1.54, 1.807) is 11.8 Å². The van der Waals surface area contributed by atoms with Gasteiger partial charge in [0.1, 0.15) is 12.8 Å². The number of aromatic nitrogens is 1. The van der Waals surface area contributed by atoms with Crippen LogP contribution in [0.25, 0.3) is 10.9 Å². The minimum atomic E-state index is -0.798. The minimum Gasteiger partial charge on any atom is -0.469 e. The van der Waals surface area contributed by atoms with Crippen molar-refractivity contribution in [2.75, 3.05) is 34.4 Å². The fourth-order valence-corrected chi connectivity index (χ4v) is 5.23. The molecule has 1 aromatic carbocycles. The zero-order chi connectivity index (χ0) is 20.1. The Morgan fingerprint density at radius 3 is 2.71 bits per heavy atom. The number of likely N-dealkylation sites (tertiary alicyclic amines) is 1. The van der Waals surface area contributed by atoms with Gasteiger partial charge in [-0.2, -0.15) is 4.73 Å². The summed E-state index contributed by atoms with van der Waals surface area (Å²) in [5, 5.41) is 0.951. The second-order valence-corrected chi connectivity index (χ2v) is 7.86. The summed E-state index contributed by atoms with van der Waals surface area (Å²) in [4.78, 5) is 34.3. The van der Waals surface area contributed by atoms with Crippen LogP contribution in [-0.2, 0) is 16.0 Å². The number of methoxy groups -OCH3 is 1. The Hall–Kier alpha value is -2.60. The molecule has 6 nitrogen and oxygen atoms in total. The number of rotatable bonds is 2. The molecule has 1 aromatic heterocycles. The number of allylic oxidation sites excluding steroid dienone is 1. The number of carbonyl (C=O) groups is 2. The van der Waals surface area contributed by atoms with E-state index in [9.17, 15) is 9.59 Å². The number of ether oxygens (including phenoxy) is 1. The highest BCUT2D eigenvalue weighted by Gasteiger charge is 2.54. The summed E-state index contributed by atoms with van der Waals surface area (Å²) in [5.74, 6) is -0.420. The van der Waals surface area contributed by atoms with Gasteiger partial charge in [0.05, 0.1) is 18.0 Å². The number of nitrogens with zero attached hydrogens (tertiary/aromatic N) is 2. The molecule has 2 unspecified atom stereocenters. The van der Waals surface area contributed by atoms with E-state index in [1.807, 2.05) is 44.3 Å². The molecule has 1 saturated heterocycles. The van der Waals surface area contributed by atoms with E-state index in [0.29, 0.717) is 18.7 Å². The number of likely N-dealkylation sites (N-methyl/N-ethyl adjacent to an activating group) is 1. The maximum atomic E-state index is 13.4. The molecule has 0 radical (unpaired) electrons. The van der Waals surface area contributed by atoms with Gasteiger partial charge >= 0.3 is 5.97 Å². The third-order valence-corrected chi connectivity index (χ3v) is 6.35. The summed E-state index contributed by atoms with van der Waals surface area (Å²) in [5.41, 5.74) is 2.59. The zero-order valence-electron chi connectivity index (χ0n) is 16.8. The predicted molar refractivity (Wildman–Crippen MR) is 106 cm³/mol. The maximum absolute atomic E-state index is 13.4. The van der Waals surface area contributed by atoms with E-state index in [1.165, 1.54) is 7.11 Å². The predicted octanol–water partition coefficient (Wildman–Crippen LogP) is 2.50. The lowest BCUT2D eigenvalue weighted by molar-refractivity contribution is -0.158. The summed E-state index contributed by atoms with van der Waals surface area (Å²) < 4.78 is 6.92. The lowest BCUT2D eigenvalue weighted by atomic mass is 9.65. The van der Waals surface area contributed by atoms with Gasteiger partial charge < -0.3 is 14.5 Å². The first-order valence-corrected chi connectivity index (χ1v) is 9.59. The molecule has 0 saturated carbocycles. The fourth-order valence-electron chi connectivity index (χ4n) is 5.23. The average molecular weight is 382 g/mol. The molecular weight excluding hydrogens is 356 g/mol. The fraction of sp³-hybridized carbons (Fsp3) is 0.455. The van der Waals surface area contributed by atoms with Crippen molar-refractivity contribution in [3.8, 4) is 0 Å². The van der Waals surface area contributed by atoms with Gasteiger partial charge in [0.2, 0.25) is 0 Å². The molecule has 1 aliphatic carbocycles. The first-order valence-electron chi connectivity index (χ1n) is 9.59. The Morgan fingerprint density at radius 2 is 2.04 bits per heavy atom. The largest absolute Gasteiger partial charge is 0.469 e. The molecule has 148 valence electrons. The monoisotopic (exact) mass is 382 g/mol. The van der Waals surface area contributed by atoms with Gasteiger partial charge in [0.15, 0.2) is 5.78 Å². The van der Waals surface area contributed by atoms with Crippen molar-refractivity contribution in [1.82, 2.24) is 9.63 Å². The van der Waals surface area contributed by atoms with Crippen LogP contribution in [0.4, 0.5) is 0 Å². The Kier molecular flexibility index (Phi) is 4.54. The molecule has 0 bridgehead atoms. The van der Waals surface area contributed by atoms with E-state index >= 15 is 0 Å². The molecule has 1 fully saturated rings. The minimum absolute atomic E-state index is 0.00716. The van der Waals surface area contributed by atoms with E-state index in [-0.39, 0.29) is 24.1 Å². The number of benzene rings is 1. The average Bonchev–Trinajstić information content (AvgIpc) is 2.94. The number of para-hydroxylation sites is 1. The smallest absolute Gasteiger partial charge is 0.314 e. The van der Waals surface area contributed by atoms with E-state index in [4.69, 9.17) is 9.57 Å². The van der Waals surface area contributed by atoms with Gasteiger partial charge in [-0.1, -0.05) is 29.8 Å². The molecule has 4 rings (SSSR count). The van der Waals surface area contributed by atoms with Crippen LogP contribution < -0.4 is 4.84 Å². The number of Topliss-reactive ketones (excluding diaryl/α,β-unsaturated/α-hetero) is 1. The Bertz CT molecular complexity index is 990. The number of piperidine rings is 1. The molecule has 28 heavy (non-hydrogen) atoms. The quantitative estimate of drug-likeness (QED) is 0.590. The molecule has 2 heterocycles. The van der Waals surface area contributed by atoms with E-state index in [2.05, 4.69) is 4.90 Å². The lowest BCUT2D eigenvalue weighted by Gasteiger charge is -2.46. The van der Waals surface area contributed by atoms with Gasteiger partial charge in [-0.3, -0.25) is 9.59 Å². The summed E-state index contributed by atoms with van der Waals surface area (Å²) in [6.45, 7) is 3.28. The van der Waals surface area contributed by atoms with Crippen LogP contribution in [0.2, 0.25) is 0 Å².